The molecule has 0 aromatic carbocycles. The van der Waals surface area contributed by atoms with Gasteiger partial charge in [0.1, 0.15) is 12.1 Å². The van der Waals surface area contributed by atoms with Gasteiger partial charge in [-0.25, -0.2) is 0 Å². The Hall–Kier alpha value is -1.08. The second-order valence-electron chi connectivity index (χ2n) is 4.27. The van der Waals surface area contributed by atoms with Crippen molar-refractivity contribution in [2.45, 2.75) is 37.8 Å². The average molecular weight is 239 g/mol. The van der Waals surface area contributed by atoms with E-state index in [0.29, 0.717) is 0 Å². The molecule has 6 nitrogen and oxygen atoms in total. The molecule has 0 spiro atoms. The fraction of sp³-hybridized carbons (Fsp3) is 0.800. The second-order valence-corrected chi connectivity index (χ2v) is 4.27. The lowest BCUT2D eigenvalue weighted by molar-refractivity contribution is -0.141. The van der Waals surface area contributed by atoms with Gasteiger partial charge in [-0.05, 0) is 38.8 Å². The average Bonchev–Trinajstić information content (AvgIpc) is 3.02. The van der Waals surface area contributed by atoms with E-state index in [4.69, 9.17) is 9.31 Å². The minimum Gasteiger partial charge on any atom is -0.498 e. The first-order valence-electron chi connectivity index (χ1n) is 5.97. The van der Waals surface area contributed by atoms with Gasteiger partial charge in [-0.3, -0.25) is 9.59 Å². The van der Waals surface area contributed by atoms with Crippen molar-refractivity contribution >= 4 is 19.6 Å². The molecule has 0 aliphatic carbocycles. The van der Waals surface area contributed by atoms with E-state index in [1.54, 1.807) is 0 Å². The van der Waals surface area contributed by atoms with E-state index >= 15 is 0 Å². The van der Waals surface area contributed by atoms with Crippen molar-refractivity contribution in [2.24, 2.45) is 0 Å². The second kappa shape index (κ2) is 6.02. The lowest BCUT2D eigenvalue weighted by Crippen LogP contribution is -2.36. The summed E-state index contributed by atoms with van der Waals surface area (Å²) < 4.78 is 9.52. The summed E-state index contributed by atoms with van der Waals surface area (Å²) in [4.78, 5) is 22.9. The first kappa shape index (κ1) is 12.4. The highest BCUT2D eigenvalue weighted by molar-refractivity contribution is 6.26. The first-order chi connectivity index (χ1) is 8.27. The van der Waals surface area contributed by atoms with Crippen LogP contribution in [-0.4, -0.2) is 44.8 Å². The van der Waals surface area contributed by atoms with Gasteiger partial charge in [0, 0.05) is 0 Å². The topological polar surface area (TPSA) is 76.7 Å². The standard InChI is InChI=1S/C10H16BN2O4/c14-9(7-3-1-5-12-7)16-11-17-10(15)8-4-2-6-13-8/h7-8,12-13H,1-6H2/t7-,8-/m1/s1. The van der Waals surface area contributed by atoms with E-state index in [2.05, 4.69) is 10.6 Å². The van der Waals surface area contributed by atoms with Crippen LogP contribution in [0.4, 0.5) is 0 Å². The number of carbonyl (C=O) groups excluding carboxylic acids is 2. The van der Waals surface area contributed by atoms with Gasteiger partial charge in [0.25, 0.3) is 0 Å². The van der Waals surface area contributed by atoms with Crippen molar-refractivity contribution in [2.75, 3.05) is 13.1 Å². The monoisotopic (exact) mass is 239 g/mol. The zero-order valence-corrected chi connectivity index (χ0v) is 9.61. The molecule has 1 radical (unpaired) electrons. The van der Waals surface area contributed by atoms with Gasteiger partial charge >= 0.3 is 19.6 Å². The molecule has 0 bridgehead atoms. The Morgan fingerprint density at radius 3 is 1.76 bits per heavy atom. The highest BCUT2D eigenvalue weighted by Crippen LogP contribution is 2.07. The molecule has 2 fully saturated rings. The Balaban J connectivity index is 1.61. The molecule has 2 saturated heterocycles. The zero-order chi connectivity index (χ0) is 12.1. The van der Waals surface area contributed by atoms with Crippen molar-refractivity contribution < 1.29 is 18.9 Å². The van der Waals surface area contributed by atoms with E-state index < -0.39 is 11.9 Å². The normalized spacial score (nSPS) is 27.8. The Kier molecular flexibility index (Phi) is 4.39. The Labute approximate surface area is 101 Å². The van der Waals surface area contributed by atoms with Crippen molar-refractivity contribution in [1.29, 1.82) is 0 Å². The van der Waals surface area contributed by atoms with Crippen LogP contribution in [0, 0.1) is 0 Å². The SMILES string of the molecule is O=C(O[B]OC(=O)[C@H]1CCCN1)[C@H]1CCCN1. The molecule has 7 heteroatoms. The highest BCUT2D eigenvalue weighted by atomic mass is 16.6. The predicted octanol–water partition coefficient (Wildman–Crippen LogP) is -0.889. The van der Waals surface area contributed by atoms with Crippen LogP contribution >= 0.6 is 0 Å². The third-order valence-electron chi connectivity index (χ3n) is 3.02. The van der Waals surface area contributed by atoms with Crippen LogP contribution in [0.3, 0.4) is 0 Å². The van der Waals surface area contributed by atoms with Gasteiger partial charge in [-0.1, -0.05) is 0 Å². The van der Waals surface area contributed by atoms with Gasteiger partial charge in [-0.15, -0.1) is 0 Å². The quantitative estimate of drug-likeness (QED) is 0.620. The Bertz CT molecular complexity index is 260. The van der Waals surface area contributed by atoms with E-state index in [9.17, 15) is 9.59 Å². The number of hydrogen-bond donors (Lipinski definition) is 2. The molecule has 2 atom stereocenters. The fourth-order valence-corrected chi connectivity index (χ4v) is 2.05. The molecule has 2 heterocycles. The minimum atomic E-state index is -0.394. The van der Waals surface area contributed by atoms with Gasteiger partial charge in [0.2, 0.25) is 0 Å². The summed E-state index contributed by atoms with van der Waals surface area (Å²) in [6.07, 6.45) is 3.46. The summed E-state index contributed by atoms with van der Waals surface area (Å²) in [5.74, 6) is -0.788. The van der Waals surface area contributed by atoms with E-state index in [0.717, 1.165) is 46.5 Å². The van der Waals surface area contributed by atoms with Gasteiger partial charge in [0.15, 0.2) is 0 Å². The molecule has 0 saturated carbocycles. The molecule has 2 aliphatic rings. The molecule has 0 amide bonds. The zero-order valence-electron chi connectivity index (χ0n) is 9.61. The van der Waals surface area contributed by atoms with Crippen molar-refractivity contribution in [1.82, 2.24) is 10.6 Å². The summed E-state index contributed by atoms with van der Waals surface area (Å²) in [7, 11) is 0.838. The third kappa shape index (κ3) is 3.44. The minimum absolute atomic E-state index is 0.269. The largest absolute Gasteiger partial charge is 0.662 e. The lowest BCUT2D eigenvalue weighted by Gasteiger charge is -2.11. The van der Waals surface area contributed by atoms with E-state index in [-0.39, 0.29) is 12.1 Å². The summed E-state index contributed by atoms with van der Waals surface area (Å²) in [6, 6.07) is -0.538. The van der Waals surface area contributed by atoms with E-state index in [1.165, 1.54) is 0 Å². The summed E-state index contributed by atoms with van der Waals surface area (Å²) in [5.41, 5.74) is 0. The summed E-state index contributed by atoms with van der Waals surface area (Å²) in [6.45, 7) is 1.65. The van der Waals surface area contributed by atoms with Crippen molar-refractivity contribution in [3.63, 3.8) is 0 Å². The molecule has 17 heavy (non-hydrogen) atoms. The predicted molar refractivity (Wildman–Crippen MR) is 60.0 cm³/mol. The number of hydrogen-bond acceptors (Lipinski definition) is 6. The van der Waals surface area contributed by atoms with Crippen molar-refractivity contribution in [3.05, 3.63) is 0 Å². The first-order valence-corrected chi connectivity index (χ1v) is 5.97. The summed E-state index contributed by atoms with van der Waals surface area (Å²) in [5, 5.41) is 6.00. The van der Waals surface area contributed by atoms with Crippen LogP contribution in [0.15, 0.2) is 0 Å². The third-order valence-corrected chi connectivity index (χ3v) is 3.02. The van der Waals surface area contributed by atoms with Crippen molar-refractivity contribution in [3.8, 4) is 0 Å². The maximum Gasteiger partial charge on any atom is 0.662 e. The maximum atomic E-state index is 11.4. The van der Waals surface area contributed by atoms with E-state index in [1.807, 2.05) is 0 Å². The number of rotatable bonds is 4. The van der Waals surface area contributed by atoms with Crippen LogP contribution in [0.1, 0.15) is 25.7 Å². The van der Waals surface area contributed by atoms with Gasteiger partial charge < -0.3 is 19.9 Å². The molecule has 0 aromatic rings. The number of nitrogens with one attached hydrogen (secondary N) is 2. The van der Waals surface area contributed by atoms with Crippen LogP contribution in [-0.2, 0) is 18.9 Å². The summed E-state index contributed by atoms with van der Waals surface area (Å²) >= 11 is 0. The molecular formula is C10H16BN2O4. The molecule has 0 aromatic heterocycles. The lowest BCUT2D eigenvalue weighted by atomic mass is 10.2. The van der Waals surface area contributed by atoms with Crippen LogP contribution < -0.4 is 10.6 Å². The Morgan fingerprint density at radius 2 is 1.41 bits per heavy atom. The molecule has 93 valence electrons. The maximum absolute atomic E-state index is 11.4. The number of carbonyl (C=O) groups is 2. The molecule has 2 N–H and O–H groups in total. The molecular weight excluding hydrogens is 223 g/mol. The highest BCUT2D eigenvalue weighted by Gasteiger charge is 2.27. The van der Waals surface area contributed by atoms with Gasteiger partial charge in [0.05, 0.1) is 0 Å². The molecule has 2 rings (SSSR count). The molecule has 0 unspecified atom stereocenters. The van der Waals surface area contributed by atoms with Crippen LogP contribution in [0.2, 0.25) is 0 Å². The van der Waals surface area contributed by atoms with Crippen LogP contribution in [0.25, 0.3) is 0 Å². The smallest absolute Gasteiger partial charge is 0.498 e. The van der Waals surface area contributed by atoms with Crippen LogP contribution in [0.5, 0.6) is 0 Å². The molecule has 2 aliphatic heterocycles. The van der Waals surface area contributed by atoms with Gasteiger partial charge in [-0.2, -0.15) is 0 Å². The fourth-order valence-electron chi connectivity index (χ4n) is 2.05. The Morgan fingerprint density at radius 1 is 0.941 bits per heavy atom.